The zero-order valence-corrected chi connectivity index (χ0v) is 22.0. The number of alkyl carbamates (subject to hydrolysis) is 1. The second-order valence-electron chi connectivity index (χ2n) is 10.9. The molecule has 1 fully saturated rings. The van der Waals surface area contributed by atoms with Crippen molar-refractivity contribution in [3.05, 3.63) is 11.6 Å². The minimum Gasteiger partial charge on any atom is -0.444 e. The Hall–Kier alpha value is -2.91. The molecule has 34 heavy (non-hydrogen) atoms. The van der Waals surface area contributed by atoms with E-state index in [4.69, 9.17) is 9.57 Å². The fraction of sp³-hybridized carbons (Fsp3) is 0.708. The van der Waals surface area contributed by atoms with Crippen LogP contribution >= 0.6 is 0 Å². The summed E-state index contributed by atoms with van der Waals surface area (Å²) >= 11 is 0. The molecule has 1 aliphatic rings. The van der Waals surface area contributed by atoms with Crippen LogP contribution in [0.25, 0.3) is 0 Å². The SMILES string of the molecule is C/C(=C\[C@H](C(C)C)N(C)C(=O)[C@@H](NC(=O)OC(C)(C)C)C(C)(C)C)C(=O)ON1C(=O)CCC1=O. The van der Waals surface area contributed by atoms with E-state index in [-0.39, 0.29) is 30.2 Å². The third kappa shape index (κ3) is 8.14. The Kier molecular flexibility index (Phi) is 9.43. The number of imide groups is 1. The molecule has 0 unspecified atom stereocenters. The van der Waals surface area contributed by atoms with E-state index < -0.39 is 47.0 Å². The van der Waals surface area contributed by atoms with Crippen molar-refractivity contribution < 1.29 is 33.5 Å². The number of amides is 4. The number of nitrogens with zero attached hydrogens (tertiary/aromatic N) is 2. The highest BCUT2D eigenvalue weighted by Gasteiger charge is 2.38. The Bertz CT molecular complexity index is 834. The third-order valence-corrected chi connectivity index (χ3v) is 5.17. The fourth-order valence-corrected chi connectivity index (χ4v) is 3.31. The van der Waals surface area contributed by atoms with Crippen molar-refractivity contribution >= 4 is 29.8 Å². The van der Waals surface area contributed by atoms with Gasteiger partial charge in [-0.15, -0.1) is 5.06 Å². The summed E-state index contributed by atoms with van der Waals surface area (Å²) in [5.74, 6) is -2.46. The number of hydroxylamine groups is 2. The quantitative estimate of drug-likeness (QED) is 0.438. The normalized spacial score (nSPS) is 16.9. The summed E-state index contributed by atoms with van der Waals surface area (Å²) in [6.45, 7) is 15.9. The number of hydrogen-bond donors (Lipinski definition) is 1. The van der Waals surface area contributed by atoms with Gasteiger partial charge in [-0.1, -0.05) is 40.7 Å². The minimum atomic E-state index is -0.894. The molecule has 1 aliphatic heterocycles. The molecule has 0 bridgehead atoms. The maximum absolute atomic E-state index is 13.5. The lowest BCUT2D eigenvalue weighted by atomic mass is 9.85. The van der Waals surface area contributed by atoms with E-state index in [2.05, 4.69) is 5.32 Å². The van der Waals surface area contributed by atoms with Crippen LogP contribution < -0.4 is 5.32 Å². The van der Waals surface area contributed by atoms with Crippen LogP contribution in [0.2, 0.25) is 0 Å². The van der Waals surface area contributed by atoms with Crippen molar-refractivity contribution in [2.45, 2.75) is 92.8 Å². The van der Waals surface area contributed by atoms with Crippen molar-refractivity contribution in [2.24, 2.45) is 11.3 Å². The number of rotatable bonds is 7. The van der Waals surface area contributed by atoms with Crippen LogP contribution in [0.15, 0.2) is 11.6 Å². The van der Waals surface area contributed by atoms with Crippen molar-refractivity contribution in [3.8, 4) is 0 Å². The largest absolute Gasteiger partial charge is 0.444 e. The Labute approximate surface area is 201 Å². The van der Waals surface area contributed by atoms with Gasteiger partial charge in [0.1, 0.15) is 11.6 Å². The van der Waals surface area contributed by atoms with Gasteiger partial charge in [0.2, 0.25) is 5.91 Å². The molecule has 192 valence electrons. The molecular weight excluding hydrogens is 442 g/mol. The van der Waals surface area contributed by atoms with Crippen LogP contribution in [0.1, 0.15) is 75.2 Å². The van der Waals surface area contributed by atoms with Gasteiger partial charge >= 0.3 is 12.1 Å². The lowest BCUT2D eigenvalue weighted by Crippen LogP contribution is -2.57. The van der Waals surface area contributed by atoms with Gasteiger partial charge in [-0.2, -0.15) is 0 Å². The monoisotopic (exact) mass is 481 g/mol. The first-order valence-electron chi connectivity index (χ1n) is 11.4. The molecule has 1 heterocycles. The molecule has 0 saturated carbocycles. The molecule has 0 aliphatic carbocycles. The summed E-state index contributed by atoms with van der Waals surface area (Å²) in [5.41, 5.74) is -1.21. The van der Waals surface area contributed by atoms with E-state index in [0.717, 1.165) is 0 Å². The standard InChI is InChI=1S/C24H39N3O7/c1-14(2)16(13-15(3)21(31)34-27-17(28)11-12-18(27)29)26(10)20(30)19(23(4,5)6)25-22(32)33-24(7,8)9/h13-14,16,19H,11-12H2,1-10H3,(H,25,32)/b15-13+/t16-,19-/m1/s1. The maximum atomic E-state index is 13.5. The van der Waals surface area contributed by atoms with Gasteiger partial charge in [0.25, 0.3) is 11.8 Å². The van der Waals surface area contributed by atoms with Crippen molar-refractivity contribution in [1.82, 2.24) is 15.3 Å². The van der Waals surface area contributed by atoms with E-state index in [9.17, 15) is 24.0 Å². The average molecular weight is 482 g/mol. The van der Waals surface area contributed by atoms with Gasteiger partial charge in [0, 0.05) is 25.5 Å². The van der Waals surface area contributed by atoms with E-state index in [1.165, 1.54) is 11.8 Å². The van der Waals surface area contributed by atoms with Gasteiger partial charge in [0.05, 0.1) is 6.04 Å². The summed E-state index contributed by atoms with van der Waals surface area (Å²) in [7, 11) is 1.59. The number of nitrogens with one attached hydrogen (secondary N) is 1. The first-order chi connectivity index (χ1) is 15.3. The molecule has 0 radical (unpaired) electrons. The molecule has 0 spiro atoms. The van der Waals surface area contributed by atoms with E-state index in [1.54, 1.807) is 33.9 Å². The lowest BCUT2D eigenvalue weighted by molar-refractivity contribution is -0.194. The number of carbonyl (C=O) groups is 5. The van der Waals surface area contributed by atoms with Gasteiger partial charge in [-0.05, 0) is 39.0 Å². The summed E-state index contributed by atoms with van der Waals surface area (Å²) in [6.07, 6.45) is 0.855. The molecule has 0 aromatic heterocycles. The molecule has 0 aromatic carbocycles. The van der Waals surface area contributed by atoms with Crippen LogP contribution in [-0.2, 0) is 28.8 Å². The highest BCUT2D eigenvalue weighted by molar-refractivity contribution is 6.02. The van der Waals surface area contributed by atoms with Crippen molar-refractivity contribution in [2.75, 3.05) is 7.05 Å². The minimum absolute atomic E-state index is 0.000423. The van der Waals surface area contributed by atoms with Crippen molar-refractivity contribution in [1.29, 1.82) is 0 Å². The zero-order chi connectivity index (χ0) is 26.6. The molecule has 10 nitrogen and oxygen atoms in total. The van der Waals surface area contributed by atoms with E-state index in [0.29, 0.717) is 5.06 Å². The van der Waals surface area contributed by atoms with Gasteiger partial charge in [0.15, 0.2) is 0 Å². The first-order valence-corrected chi connectivity index (χ1v) is 11.4. The molecule has 0 aromatic rings. The highest BCUT2D eigenvalue weighted by Crippen LogP contribution is 2.24. The molecule has 1 rings (SSSR count). The topological polar surface area (TPSA) is 122 Å². The fourth-order valence-electron chi connectivity index (χ4n) is 3.31. The molecule has 10 heteroatoms. The molecule has 1 N–H and O–H groups in total. The Balaban J connectivity index is 3.10. The Morgan fingerprint density at radius 1 is 1.03 bits per heavy atom. The number of carbonyl (C=O) groups excluding carboxylic acids is 5. The van der Waals surface area contributed by atoms with Gasteiger partial charge in [-0.25, -0.2) is 9.59 Å². The third-order valence-electron chi connectivity index (χ3n) is 5.17. The van der Waals surface area contributed by atoms with Crippen LogP contribution in [0.5, 0.6) is 0 Å². The molecule has 4 amide bonds. The first kappa shape index (κ1) is 29.1. The highest BCUT2D eigenvalue weighted by atomic mass is 16.7. The summed E-state index contributed by atoms with van der Waals surface area (Å²) in [6, 6.07) is -1.43. The molecular formula is C24H39N3O7. The van der Waals surface area contributed by atoms with E-state index >= 15 is 0 Å². The van der Waals surface area contributed by atoms with Gasteiger partial charge < -0.3 is 19.8 Å². The summed E-state index contributed by atoms with van der Waals surface area (Å²) < 4.78 is 5.32. The Morgan fingerprint density at radius 3 is 1.94 bits per heavy atom. The second kappa shape index (κ2) is 11.0. The molecule has 1 saturated heterocycles. The van der Waals surface area contributed by atoms with Crippen LogP contribution in [0.4, 0.5) is 4.79 Å². The predicted octanol–water partition coefficient (Wildman–Crippen LogP) is 2.96. The number of ether oxygens (including phenoxy) is 1. The summed E-state index contributed by atoms with van der Waals surface area (Å²) in [5, 5.41) is 3.16. The predicted molar refractivity (Wildman–Crippen MR) is 125 cm³/mol. The zero-order valence-electron chi connectivity index (χ0n) is 22.0. The lowest BCUT2D eigenvalue weighted by Gasteiger charge is -2.37. The average Bonchev–Trinajstić information content (AvgIpc) is 2.98. The van der Waals surface area contributed by atoms with Gasteiger partial charge in [-0.3, -0.25) is 14.4 Å². The molecule has 2 atom stereocenters. The summed E-state index contributed by atoms with van der Waals surface area (Å²) in [4.78, 5) is 68.2. The maximum Gasteiger partial charge on any atom is 0.408 e. The van der Waals surface area contributed by atoms with Crippen LogP contribution in [-0.4, -0.2) is 64.5 Å². The van der Waals surface area contributed by atoms with Crippen LogP contribution in [0, 0.1) is 11.3 Å². The number of likely N-dealkylation sites (N-methyl/N-ethyl adjacent to an activating group) is 1. The van der Waals surface area contributed by atoms with Crippen molar-refractivity contribution in [3.63, 3.8) is 0 Å². The second-order valence-corrected chi connectivity index (χ2v) is 10.9. The Morgan fingerprint density at radius 2 is 1.53 bits per heavy atom. The smallest absolute Gasteiger partial charge is 0.408 e. The van der Waals surface area contributed by atoms with Crippen LogP contribution in [0.3, 0.4) is 0 Å². The number of hydrogen-bond acceptors (Lipinski definition) is 7. The van der Waals surface area contributed by atoms with E-state index in [1.807, 2.05) is 34.6 Å².